The molecular formula is C20H18F2N6O3. The van der Waals surface area contributed by atoms with Crippen LogP contribution in [0.4, 0.5) is 14.6 Å². The van der Waals surface area contributed by atoms with E-state index in [0.717, 1.165) is 6.20 Å². The molecule has 11 heteroatoms. The van der Waals surface area contributed by atoms with Crippen molar-refractivity contribution in [2.24, 2.45) is 0 Å². The van der Waals surface area contributed by atoms with Crippen molar-refractivity contribution in [3.8, 4) is 11.5 Å². The van der Waals surface area contributed by atoms with Crippen LogP contribution in [0.25, 0.3) is 11.5 Å². The fraction of sp³-hybridized carbons (Fsp3) is 0.200. The second kappa shape index (κ2) is 8.58. The van der Waals surface area contributed by atoms with E-state index in [4.69, 9.17) is 4.84 Å². The number of hydroxylamine groups is 1. The van der Waals surface area contributed by atoms with E-state index < -0.39 is 17.9 Å². The van der Waals surface area contributed by atoms with Crippen molar-refractivity contribution >= 4 is 11.6 Å². The molecule has 0 bridgehead atoms. The number of hydrogen-bond acceptors (Lipinski definition) is 8. The number of aliphatic hydroxyl groups excluding tert-OH is 1. The number of nitrogens with one attached hydrogen (secondary N) is 2. The first kappa shape index (κ1) is 20.6. The van der Waals surface area contributed by atoms with Gasteiger partial charge in [-0.05, 0) is 12.1 Å². The summed E-state index contributed by atoms with van der Waals surface area (Å²) in [5.74, 6) is -1.05. The van der Waals surface area contributed by atoms with Crippen LogP contribution in [0, 0.1) is 11.6 Å². The van der Waals surface area contributed by atoms with Gasteiger partial charge in [0.1, 0.15) is 23.0 Å². The fourth-order valence-corrected chi connectivity index (χ4v) is 2.98. The molecule has 9 nitrogen and oxygen atoms in total. The van der Waals surface area contributed by atoms with Crippen LogP contribution >= 0.6 is 0 Å². The zero-order chi connectivity index (χ0) is 22.0. The van der Waals surface area contributed by atoms with Crippen molar-refractivity contribution < 1.29 is 23.5 Å². The number of anilines is 1. The third kappa shape index (κ3) is 4.57. The highest BCUT2D eigenvalue weighted by atomic mass is 19.1. The molecule has 1 aromatic carbocycles. The van der Waals surface area contributed by atoms with Crippen LogP contribution in [0.1, 0.15) is 23.0 Å². The van der Waals surface area contributed by atoms with Crippen molar-refractivity contribution in [1.29, 1.82) is 0 Å². The third-order valence-corrected chi connectivity index (χ3v) is 4.48. The Morgan fingerprint density at radius 2 is 2.13 bits per heavy atom. The Kier molecular flexibility index (Phi) is 5.69. The summed E-state index contributed by atoms with van der Waals surface area (Å²) in [5.41, 5.74) is 3.16. The highest BCUT2D eigenvalue weighted by molar-refractivity contribution is 5.93. The van der Waals surface area contributed by atoms with Gasteiger partial charge in [0.05, 0.1) is 19.3 Å². The van der Waals surface area contributed by atoms with Crippen LogP contribution in [0.2, 0.25) is 0 Å². The van der Waals surface area contributed by atoms with Gasteiger partial charge < -0.3 is 15.3 Å². The van der Waals surface area contributed by atoms with E-state index in [9.17, 15) is 18.7 Å². The van der Waals surface area contributed by atoms with Crippen molar-refractivity contribution in [2.45, 2.75) is 19.7 Å². The molecule has 2 aromatic heterocycles. The lowest BCUT2D eigenvalue weighted by molar-refractivity contribution is 0.0349. The first-order chi connectivity index (χ1) is 14.9. The molecule has 160 valence electrons. The molecule has 3 aromatic rings. The van der Waals surface area contributed by atoms with E-state index in [1.54, 1.807) is 18.2 Å². The van der Waals surface area contributed by atoms with E-state index >= 15 is 0 Å². The van der Waals surface area contributed by atoms with Crippen LogP contribution in [-0.4, -0.2) is 43.4 Å². The van der Waals surface area contributed by atoms with Crippen LogP contribution in [0.5, 0.6) is 0 Å². The SMILES string of the molecule is CC(=O)c1cc(-c2ncc(F)c(NCC3=CC(O)NO3)n2)nn1Cc1ccccc1F. The summed E-state index contributed by atoms with van der Waals surface area (Å²) < 4.78 is 29.5. The number of Topliss-reactive ketones (excluding diaryl/α,β-unsaturated/α-hetero) is 1. The lowest BCUT2D eigenvalue weighted by Crippen LogP contribution is -2.19. The standard InChI is InChI=1S/C20H18F2N6O3/c1-11(29)17-7-16(26-28(17)10-12-4-2-3-5-14(12)21)20-24-9-15(22)19(25-20)23-8-13-6-18(30)27-31-13/h2-7,9,18,27,30H,8,10H2,1H3,(H,23,24,25). The van der Waals surface area contributed by atoms with E-state index in [2.05, 4.69) is 25.9 Å². The molecule has 4 rings (SSSR count). The Morgan fingerprint density at radius 1 is 1.32 bits per heavy atom. The average Bonchev–Trinajstić information content (AvgIpc) is 3.35. The lowest BCUT2D eigenvalue weighted by Gasteiger charge is -2.08. The molecule has 0 saturated carbocycles. The lowest BCUT2D eigenvalue weighted by atomic mass is 10.2. The highest BCUT2D eigenvalue weighted by Crippen LogP contribution is 2.21. The molecule has 0 aliphatic carbocycles. The molecule has 1 unspecified atom stereocenters. The Morgan fingerprint density at radius 3 is 2.84 bits per heavy atom. The first-order valence-corrected chi connectivity index (χ1v) is 9.31. The number of aromatic nitrogens is 4. The smallest absolute Gasteiger partial charge is 0.183 e. The van der Waals surface area contributed by atoms with E-state index in [-0.39, 0.29) is 41.9 Å². The van der Waals surface area contributed by atoms with Gasteiger partial charge in [-0.3, -0.25) is 9.48 Å². The van der Waals surface area contributed by atoms with Crippen LogP contribution in [0.15, 0.2) is 48.4 Å². The van der Waals surface area contributed by atoms with Crippen LogP contribution in [-0.2, 0) is 11.4 Å². The fourth-order valence-electron chi connectivity index (χ4n) is 2.98. The number of halogens is 2. The number of rotatable bonds is 7. The van der Waals surface area contributed by atoms with Gasteiger partial charge in [-0.25, -0.2) is 18.7 Å². The predicted octanol–water partition coefficient (Wildman–Crippen LogP) is 2.02. The summed E-state index contributed by atoms with van der Waals surface area (Å²) in [5, 5.41) is 16.4. The highest BCUT2D eigenvalue weighted by Gasteiger charge is 2.19. The monoisotopic (exact) mass is 428 g/mol. The van der Waals surface area contributed by atoms with Gasteiger partial charge in [-0.2, -0.15) is 5.10 Å². The maximum atomic E-state index is 14.1. The summed E-state index contributed by atoms with van der Waals surface area (Å²) >= 11 is 0. The largest absolute Gasteiger partial charge is 0.409 e. The molecule has 0 amide bonds. The van der Waals surface area contributed by atoms with Gasteiger partial charge in [-0.1, -0.05) is 18.2 Å². The van der Waals surface area contributed by atoms with Gasteiger partial charge in [0.25, 0.3) is 0 Å². The number of nitrogens with zero attached hydrogens (tertiary/aromatic N) is 4. The van der Waals surface area contributed by atoms with Crippen LogP contribution < -0.4 is 10.8 Å². The number of hydrogen-bond donors (Lipinski definition) is 3. The summed E-state index contributed by atoms with van der Waals surface area (Å²) in [7, 11) is 0. The number of aliphatic hydroxyl groups is 1. The Balaban J connectivity index is 1.61. The molecule has 3 N–H and O–H groups in total. The normalized spacial score (nSPS) is 15.5. The Hall–Kier alpha value is -3.70. The molecule has 0 radical (unpaired) electrons. The topological polar surface area (TPSA) is 114 Å². The zero-order valence-corrected chi connectivity index (χ0v) is 16.3. The van der Waals surface area contributed by atoms with E-state index in [0.29, 0.717) is 11.3 Å². The Bertz CT molecular complexity index is 1160. The van der Waals surface area contributed by atoms with Crippen molar-refractivity contribution in [2.75, 3.05) is 11.9 Å². The molecule has 31 heavy (non-hydrogen) atoms. The van der Waals surface area contributed by atoms with Gasteiger partial charge in [0.2, 0.25) is 0 Å². The minimum absolute atomic E-state index is 0.0364. The summed E-state index contributed by atoms with van der Waals surface area (Å²) in [6, 6.07) is 7.66. The van der Waals surface area contributed by atoms with Gasteiger partial charge in [0.15, 0.2) is 29.5 Å². The summed E-state index contributed by atoms with van der Waals surface area (Å²) in [6.07, 6.45) is 1.45. The second-order valence-corrected chi connectivity index (χ2v) is 6.76. The summed E-state index contributed by atoms with van der Waals surface area (Å²) in [6.45, 7) is 1.47. The van der Waals surface area contributed by atoms with Crippen LogP contribution in [0.3, 0.4) is 0 Å². The van der Waals surface area contributed by atoms with Crippen molar-refractivity contribution in [1.82, 2.24) is 25.2 Å². The molecule has 1 aliphatic rings. The molecule has 0 saturated heterocycles. The minimum atomic E-state index is -0.939. The maximum absolute atomic E-state index is 14.1. The minimum Gasteiger partial charge on any atom is -0.409 e. The average molecular weight is 428 g/mol. The zero-order valence-electron chi connectivity index (χ0n) is 16.3. The van der Waals surface area contributed by atoms with Crippen molar-refractivity contribution in [3.05, 3.63) is 71.3 Å². The third-order valence-electron chi connectivity index (χ3n) is 4.48. The molecule has 1 atom stereocenters. The van der Waals surface area contributed by atoms with Crippen molar-refractivity contribution in [3.63, 3.8) is 0 Å². The number of carbonyl (C=O) groups excluding carboxylic acids is 1. The van der Waals surface area contributed by atoms with Gasteiger partial charge in [-0.15, -0.1) is 5.48 Å². The first-order valence-electron chi connectivity index (χ1n) is 9.31. The van der Waals surface area contributed by atoms with Gasteiger partial charge >= 0.3 is 0 Å². The number of ketones is 1. The maximum Gasteiger partial charge on any atom is 0.183 e. The van der Waals surface area contributed by atoms with Gasteiger partial charge in [0, 0.05) is 18.6 Å². The quantitative estimate of drug-likeness (QED) is 0.490. The number of benzene rings is 1. The number of carbonyl (C=O) groups is 1. The van der Waals surface area contributed by atoms with E-state index in [1.807, 2.05) is 0 Å². The second-order valence-electron chi connectivity index (χ2n) is 6.76. The Labute approximate surface area is 175 Å². The van der Waals surface area contributed by atoms with E-state index in [1.165, 1.54) is 29.8 Å². The molecule has 3 heterocycles. The molecule has 0 spiro atoms. The molecule has 0 fully saturated rings. The molecule has 1 aliphatic heterocycles. The summed E-state index contributed by atoms with van der Waals surface area (Å²) in [4.78, 5) is 25.2. The predicted molar refractivity (Wildman–Crippen MR) is 106 cm³/mol. The molecular weight excluding hydrogens is 410 g/mol.